The van der Waals surface area contributed by atoms with E-state index < -0.39 is 11.6 Å². The Balaban J connectivity index is 1.47. The van der Waals surface area contributed by atoms with Crippen LogP contribution in [0.5, 0.6) is 11.6 Å². The van der Waals surface area contributed by atoms with Gasteiger partial charge in [-0.3, -0.25) is 15.7 Å². The summed E-state index contributed by atoms with van der Waals surface area (Å²) in [5, 5.41) is 11.5. The molecule has 2 heterocycles. The number of hydrogen-bond donors (Lipinski definition) is 2. The highest BCUT2D eigenvalue weighted by atomic mass is 19.1. The van der Waals surface area contributed by atoms with Gasteiger partial charge in [0.15, 0.2) is 5.84 Å². The van der Waals surface area contributed by atoms with Crippen molar-refractivity contribution in [1.29, 1.82) is 0 Å². The second-order valence-corrected chi connectivity index (χ2v) is 7.27. The van der Waals surface area contributed by atoms with E-state index >= 15 is 0 Å². The first-order valence-corrected chi connectivity index (χ1v) is 10.0. The van der Waals surface area contributed by atoms with Crippen molar-refractivity contribution in [2.45, 2.75) is 6.54 Å². The first-order valence-electron chi connectivity index (χ1n) is 10.0. The lowest BCUT2D eigenvalue weighted by Gasteiger charge is -2.11. The second-order valence-electron chi connectivity index (χ2n) is 7.27. The molecule has 0 saturated carbocycles. The summed E-state index contributed by atoms with van der Waals surface area (Å²) in [7, 11) is 0. The first-order chi connectivity index (χ1) is 16.1. The molecule has 3 aromatic carbocycles. The summed E-state index contributed by atoms with van der Waals surface area (Å²) in [6, 6.07) is 19.5. The normalized spacial score (nSPS) is 11.8. The molecule has 5 aromatic rings. The van der Waals surface area contributed by atoms with E-state index in [1.54, 1.807) is 24.4 Å². The van der Waals surface area contributed by atoms with E-state index in [0.717, 1.165) is 28.0 Å². The van der Waals surface area contributed by atoms with Gasteiger partial charge >= 0.3 is 0 Å². The van der Waals surface area contributed by atoms with Gasteiger partial charge in [0.25, 0.3) is 0 Å². The lowest BCUT2D eigenvalue weighted by atomic mass is 10.1. The van der Waals surface area contributed by atoms with Gasteiger partial charge in [0.05, 0.1) is 12.1 Å². The highest BCUT2D eigenvalue weighted by Gasteiger charge is 2.14. The standard InChI is InChI=1S/C25H17F2N3O3/c26-16-10-15(11-17(27)12-16)14-29-24(30-31)20-5-3-9-28-25(20)32-18-7-8-23-21(13-18)19-4-1-2-6-22(19)33-23/h1-13,31H,14H2,(H,29,30). The molecule has 0 bridgehead atoms. The summed E-state index contributed by atoms with van der Waals surface area (Å²) in [4.78, 5) is 8.50. The van der Waals surface area contributed by atoms with Crippen molar-refractivity contribution >= 4 is 27.8 Å². The summed E-state index contributed by atoms with van der Waals surface area (Å²) in [5.41, 5.74) is 4.20. The van der Waals surface area contributed by atoms with Gasteiger partial charge in [0.1, 0.15) is 28.5 Å². The number of hydroxylamine groups is 1. The minimum atomic E-state index is -0.703. The predicted molar refractivity (Wildman–Crippen MR) is 120 cm³/mol. The average molecular weight is 445 g/mol. The SMILES string of the molecule is ONC(=NCc1cc(F)cc(F)c1)c1cccnc1Oc1ccc2oc3ccccc3c2c1. The minimum absolute atomic E-state index is 0.0395. The minimum Gasteiger partial charge on any atom is -0.456 e. The molecule has 2 aromatic heterocycles. The largest absolute Gasteiger partial charge is 0.456 e. The maximum atomic E-state index is 13.5. The van der Waals surface area contributed by atoms with Crippen LogP contribution in [0.1, 0.15) is 11.1 Å². The Morgan fingerprint density at radius 3 is 2.55 bits per heavy atom. The summed E-state index contributed by atoms with van der Waals surface area (Å²) in [5.74, 6) is -0.663. The number of fused-ring (bicyclic) bond motifs is 3. The highest BCUT2D eigenvalue weighted by Crippen LogP contribution is 2.33. The fraction of sp³-hybridized carbons (Fsp3) is 0.0400. The first kappa shape index (κ1) is 20.6. The van der Waals surface area contributed by atoms with Crippen LogP contribution in [0.2, 0.25) is 0 Å². The number of nitrogens with one attached hydrogen (secondary N) is 1. The Hall–Kier alpha value is -4.30. The maximum absolute atomic E-state index is 13.5. The molecule has 6 nitrogen and oxygen atoms in total. The van der Waals surface area contributed by atoms with Gasteiger partial charge in [-0.2, -0.15) is 0 Å². The fourth-order valence-corrected chi connectivity index (χ4v) is 3.59. The Labute approximate surface area is 186 Å². The molecule has 0 amide bonds. The number of hydrogen-bond acceptors (Lipinski definition) is 5. The molecule has 164 valence electrons. The highest BCUT2D eigenvalue weighted by molar-refractivity contribution is 6.05. The van der Waals surface area contributed by atoms with Crippen molar-refractivity contribution < 1.29 is 23.1 Å². The van der Waals surface area contributed by atoms with Crippen LogP contribution < -0.4 is 10.2 Å². The van der Waals surface area contributed by atoms with Crippen LogP contribution in [0.15, 0.2) is 88.4 Å². The Morgan fingerprint density at radius 2 is 1.73 bits per heavy atom. The van der Waals surface area contributed by atoms with Gasteiger partial charge < -0.3 is 9.15 Å². The molecule has 2 N–H and O–H groups in total. The van der Waals surface area contributed by atoms with E-state index in [1.807, 2.05) is 41.9 Å². The molecule has 0 unspecified atom stereocenters. The molecule has 0 aliphatic carbocycles. The van der Waals surface area contributed by atoms with Crippen LogP contribution >= 0.6 is 0 Å². The van der Waals surface area contributed by atoms with Crippen LogP contribution in [0.4, 0.5) is 8.78 Å². The van der Waals surface area contributed by atoms with Crippen LogP contribution in [0.3, 0.4) is 0 Å². The van der Waals surface area contributed by atoms with Gasteiger partial charge in [0, 0.05) is 23.0 Å². The number of amidine groups is 1. The zero-order chi connectivity index (χ0) is 22.8. The van der Waals surface area contributed by atoms with Crippen molar-refractivity contribution in [3.05, 3.63) is 102 Å². The van der Waals surface area contributed by atoms with E-state index in [2.05, 4.69) is 9.98 Å². The van der Waals surface area contributed by atoms with Crippen molar-refractivity contribution in [3.8, 4) is 11.6 Å². The zero-order valence-corrected chi connectivity index (χ0v) is 17.1. The lowest BCUT2D eigenvalue weighted by molar-refractivity contribution is 0.234. The Morgan fingerprint density at radius 1 is 0.939 bits per heavy atom. The summed E-state index contributed by atoms with van der Waals surface area (Å²) in [6.07, 6.45) is 1.54. The van der Waals surface area contributed by atoms with Crippen molar-refractivity contribution in [3.63, 3.8) is 0 Å². The van der Waals surface area contributed by atoms with Crippen LogP contribution in [-0.2, 0) is 6.54 Å². The van der Waals surface area contributed by atoms with E-state index in [9.17, 15) is 14.0 Å². The van der Waals surface area contributed by atoms with Crippen LogP contribution in [-0.4, -0.2) is 16.0 Å². The number of aromatic nitrogens is 1. The maximum Gasteiger partial charge on any atom is 0.230 e. The fourth-order valence-electron chi connectivity index (χ4n) is 3.59. The smallest absolute Gasteiger partial charge is 0.230 e. The number of rotatable bonds is 5. The molecule has 0 spiro atoms. The van der Waals surface area contributed by atoms with Gasteiger partial charge in [0.2, 0.25) is 5.88 Å². The number of halogens is 2. The van der Waals surface area contributed by atoms with Gasteiger partial charge in [-0.1, -0.05) is 18.2 Å². The summed E-state index contributed by atoms with van der Waals surface area (Å²) < 4.78 is 38.8. The Bertz CT molecular complexity index is 1480. The van der Waals surface area contributed by atoms with E-state index in [0.29, 0.717) is 16.9 Å². The van der Waals surface area contributed by atoms with Crippen molar-refractivity contribution in [2.75, 3.05) is 0 Å². The van der Waals surface area contributed by atoms with Gasteiger partial charge in [-0.25, -0.2) is 13.8 Å². The molecule has 0 atom stereocenters. The molecule has 0 aliphatic rings. The van der Waals surface area contributed by atoms with Gasteiger partial charge in [-0.15, -0.1) is 0 Å². The number of benzene rings is 3. The molecular formula is C25H17F2N3O3. The zero-order valence-electron chi connectivity index (χ0n) is 17.1. The Kier molecular flexibility index (Phi) is 5.42. The third kappa shape index (κ3) is 4.24. The number of furan rings is 1. The second kappa shape index (κ2) is 8.68. The number of nitrogens with zero attached hydrogens (tertiary/aromatic N) is 2. The third-order valence-electron chi connectivity index (χ3n) is 5.04. The lowest BCUT2D eigenvalue weighted by Crippen LogP contribution is -2.21. The number of ether oxygens (including phenoxy) is 1. The number of aliphatic imine (C=N–C) groups is 1. The van der Waals surface area contributed by atoms with E-state index in [-0.39, 0.29) is 18.3 Å². The molecule has 0 fully saturated rings. The quantitative estimate of drug-likeness (QED) is 0.198. The molecule has 8 heteroatoms. The molecule has 0 saturated heterocycles. The third-order valence-corrected chi connectivity index (χ3v) is 5.04. The van der Waals surface area contributed by atoms with E-state index in [4.69, 9.17) is 9.15 Å². The van der Waals surface area contributed by atoms with Crippen molar-refractivity contribution in [2.24, 2.45) is 4.99 Å². The molecule has 33 heavy (non-hydrogen) atoms. The predicted octanol–water partition coefficient (Wildman–Crippen LogP) is 5.98. The summed E-state index contributed by atoms with van der Waals surface area (Å²) in [6.45, 7) is -0.0706. The molecule has 0 aliphatic heterocycles. The monoisotopic (exact) mass is 445 g/mol. The molecule has 5 rings (SSSR count). The summed E-state index contributed by atoms with van der Waals surface area (Å²) >= 11 is 0. The van der Waals surface area contributed by atoms with Crippen LogP contribution in [0, 0.1) is 11.6 Å². The van der Waals surface area contributed by atoms with Crippen LogP contribution in [0.25, 0.3) is 21.9 Å². The van der Waals surface area contributed by atoms with Gasteiger partial charge in [-0.05, 0) is 54.1 Å². The number of pyridine rings is 1. The topological polar surface area (TPSA) is 79.9 Å². The number of para-hydroxylation sites is 1. The van der Waals surface area contributed by atoms with Crippen molar-refractivity contribution in [1.82, 2.24) is 10.5 Å². The van der Waals surface area contributed by atoms with E-state index in [1.165, 1.54) is 12.1 Å². The molecular weight excluding hydrogens is 428 g/mol. The average Bonchev–Trinajstić information content (AvgIpc) is 3.18. The molecule has 0 radical (unpaired) electrons.